The van der Waals surface area contributed by atoms with E-state index in [1.54, 1.807) is 16.7 Å². The summed E-state index contributed by atoms with van der Waals surface area (Å²) in [7, 11) is -6.45. The van der Waals surface area contributed by atoms with Crippen LogP contribution in [0.15, 0.2) is 53.4 Å². The Kier molecular flexibility index (Phi) is 6.67. The molecule has 2 aromatic carbocycles. The van der Waals surface area contributed by atoms with Gasteiger partial charge in [-0.3, -0.25) is 9.35 Å². The smallest absolute Gasteiger partial charge is 0.266 e. The summed E-state index contributed by atoms with van der Waals surface area (Å²) in [6.45, 7) is 0.0569. The molecule has 0 aliphatic carbocycles. The number of benzene rings is 2. The predicted octanol–water partition coefficient (Wildman–Crippen LogP) is 1.40. The number of para-hydroxylation sites is 1. The molecule has 1 aliphatic rings. The lowest BCUT2D eigenvalue weighted by Crippen LogP contribution is -2.37. The van der Waals surface area contributed by atoms with Crippen LogP contribution in [0.3, 0.4) is 0 Å². The fourth-order valence-corrected chi connectivity index (χ4v) is 5.93. The van der Waals surface area contributed by atoms with Gasteiger partial charge in [-0.25, -0.2) is 8.42 Å². The van der Waals surface area contributed by atoms with Crippen LogP contribution in [0.4, 0.5) is 0 Å². The third-order valence-corrected chi connectivity index (χ3v) is 8.39. The van der Waals surface area contributed by atoms with E-state index in [-0.39, 0.29) is 24.5 Å². The monoisotopic (exact) mass is 507 g/mol. The highest BCUT2D eigenvalue weighted by Gasteiger charge is 2.32. The van der Waals surface area contributed by atoms with Crippen molar-refractivity contribution >= 4 is 37.0 Å². The fraction of sp³-hybridized carbons (Fsp3) is 0.318. The first-order valence-electron chi connectivity index (χ1n) is 10.5. The molecule has 0 atom stereocenters. The maximum Gasteiger partial charge on any atom is 0.266 e. The Hall–Kier alpha value is -2.93. The van der Waals surface area contributed by atoms with Gasteiger partial charge in [-0.2, -0.15) is 12.7 Å². The summed E-state index contributed by atoms with van der Waals surface area (Å²) in [5, 5.41) is 3.43. The van der Waals surface area contributed by atoms with Gasteiger partial charge in [0.05, 0.1) is 24.3 Å². The molecule has 4 rings (SSSR count). The van der Waals surface area contributed by atoms with Gasteiger partial charge >= 0.3 is 0 Å². The Morgan fingerprint density at radius 2 is 1.79 bits per heavy atom. The van der Waals surface area contributed by atoms with E-state index in [0.29, 0.717) is 18.7 Å². The van der Waals surface area contributed by atoms with Crippen LogP contribution in [0.1, 0.15) is 11.3 Å². The van der Waals surface area contributed by atoms with E-state index in [1.165, 1.54) is 23.5 Å². The zero-order valence-corrected chi connectivity index (χ0v) is 20.1. The van der Waals surface area contributed by atoms with E-state index >= 15 is 0 Å². The fourth-order valence-electron chi connectivity index (χ4n) is 4.17. The van der Waals surface area contributed by atoms with Crippen LogP contribution in [0, 0.1) is 0 Å². The molecule has 12 heteroatoms. The Bertz CT molecular complexity index is 1430. The van der Waals surface area contributed by atoms with Crippen molar-refractivity contribution in [1.82, 2.24) is 14.2 Å². The quantitative estimate of drug-likeness (QED) is 0.440. The van der Waals surface area contributed by atoms with Gasteiger partial charge in [0.2, 0.25) is 15.9 Å². The number of hydrogen-bond acceptors (Lipinski definition) is 6. The number of amides is 1. The van der Waals surface area contributed by atoms with Crippen molar-refractivity contribution in [3.05, 3.63) is 59.8 Å². The molecule has 0 saturated carbocycles. The lowest BCUT2D eigenvalue weighted by Gasteiger charge is -2.28. The minimum absolute atomic E-state index is 0.0939. The number of fused-ring (bicyclic) bond motifs is 3. The molecule has 1 aromatic heterocycles. The van der Waals surface area contributed by atoms with Crippen LogP contribution in [0.2, 0.25) is 0 Å². The minimum atomic E-state index is -4.19. The number of sulfonamides is 1. The first-order chi connectivity index (χ1) is 16.1. The molecular weight excluding hydrogens is 482 g/mol. The SMILES string of the molecule is COc1ccc(S(=O)(=O)N2CCc3c(n(CC(=O)NCCS(=O)(=O)O)c4ccccc34)C2)cc1. The number of nitrogens with zero attached hydrogens (tertiary/aromatic N) is 2. The van der Waals surface area contributed by atoms with Gasteiger partial charge in [0, 0.05) is 29.7 Å². The van der Waals surface area contributed by atoms with Crippen molar-refractivity contribution in [2.75, 3.05) is 26.0 Å². The molecule has 0 fully saturated rings. The summed E-state index contributed by atoms with van der Waals surface area (Å²) >= 11 is 0. The number of ether oxygens (including phenoxy) is 1. The Labute approximate surface area is 197 Å². The number of aromatic nitrogens is 1. The lowest BCUT2D eigenvalue weighted by atomic mass is 10.0. The molecule has 2 heterocycles. The Morgan fingerprint density at radius 1 is 1.09 bits per heavy atom. The van der Waals surface area contributed by atoms with E-state index in [9.17, 15) is 21.6 Å². The van der Waals surface area contributed by atoms with Crippen molar-refractivity contribution in [3.63, 3.8) is 0 Å². The van der Waals surface area contributed by atoms with Crippen LogP contribution < -0.4 is 10.1 Å². The first-order valence-corrected chi connectivity index (χ1v) is 13.6. The van der Waals surface area contributed by atoms with Gasteiger partial charge in [0.15, 0.2) is 0 Å². The summed E-state index contributed by atoms with van der Waals surface area (Å²) < 4.78 is 65.5. The van der Waals surface area contributed by atoms with Gasteiger partial charge in [0.25, 0.3) is 10.1 Å². The summed E-state index contributed by atoms with van der Waals surface area (Å²) in [6.07, 6.45) is 0.489. The van der Waals surface area contributed by atoms with E-state index in [1.807, 2.05) is 24.3 Å². The van der Waals surface area contributed by atoms with Crippen LogP contribution in [-0.4, -0.2) is 62.1 Å². The third kappa shape index (κ3) is 4.94. The molecule has 0 spiro atoms. The molecule has 34 heavy (non-hydrogen) atoms. The zero-order chi connectivity index (χ0) is 24.5. The van der Waals surface area contributed by atoms with Gasteiger partial charge in [-0.1, -0.05) is 18.2 Å². The summed E-state index contributed by atoms with van der Waals surface area (Å²) in [4.78, 5) is 12.7. The molecule has 1 amide bonds. The molecule has 0 radical (unpaired) electrons. The van der Waals surface area contributed by atoms with Crippen LogP contribution in [0.5, 0.6) is 5.75 Å². The zero-order valence-electron chi connectivity index (χ0n) is 18.5. The average molecular weight is 508 g/mol. The number of carbonyl (C=O) groups is 1. The summed E-state index contributed by atoms with van der Waals surface area (Å²) in [6, 6.07) is 13.7. The lowest BCUT2D eigenvalue weighted by molar-refractivity contribution is -0.121. The standard InChI is InChI=1S/C22H25N3O7S2/c1-32-16-6-8-17(9-7-16)34(30,31)24-12-10-19-18-4-2-3-5-20(18)25(21(19)14-24)15-22(26)23-11-13-33(27,28)29/h2-9H,10-15H2,1H3,(H,23,26)(H,27,28,29). The normalized spacial score (nSPS) is 14.6. The molecule has 3 aromatic rings. The van der Waals surface area contributed by atoms with Crippen LogP contribution in [0.25, 0.3) is 10.9 Å². The molecule has 182 valence electrons. The molecule has 0 unspecified atom stereocenters. The van der Waals surface area contributed by atoms with Crippen molar-refractivity contribution in [2.45, 2.75) is 24.4 Å². The van der Waals surface area contributed by atoms with Crippen molar-refractivity contribution in [1.29, 1.82) is 0 Å². The van der Waals surface area contributed by atoms with E-state index in [4.69, 9.17) is 9.29 Å². The number of methoxy groups -OCH3 is 1. The van der Waals surface area contributed by atoms with E-state index < -0.39 is 31.8 Å². The first kappa shape index (κ1) is 24.2. The van der Waals surface area contributed by atoms with Crippen LogP contribution >= 0.6 is 0 Å². The number of hydrogen-bond donors (Lipinski definition) is 2. The van der Waals surface area contributed by atoms with Gasteiger partial charge in [0.1, 0.15) is 12.3 Å². The maximum atomic E-state index is 13.3. The minimum Gasteiger partial charge on any atom is -0.497 e. The number of rotatable bonds is 8. The van der Waals surface area contributed by atoms with Crippen molar-refractivity contribution in [2.24, 2.45) is 0 Å². The second-order valence-electron chi connectivity index (χ2n) is 7.93. The number of carbonyl (C=O) groups excluding carboxylic acids is 1. The molecule has 0 bridgehead atoms. The maximum absolute atomic E-state index is 13.3. The highest BCUT2D eigenvalue weighted by molar-refractivity contribution is 7.89. The van der Waals surface area contributed by atoms with Crippen molar-refractivity contribution < 1.29 is 30.9 Å². The van der Waals surface area contributed by atoms with Gasteiger partial charge in [-0.15, -0.1) is 0 Å². The Morgan fingerprint density at radius 3 is 2.47 bits per heavy atom. The Balaban J connectivity index is 1.63. The summed E-state index contributed by atoms with van der Waals surface area (Å²) in [5.41, 5.74) is 2.50. The van der Waals surface area contributed by atoms with Gasteiger partial charge < -0.3 is 14.6 Å². The second-order valence-corrected chi connectivity index (χ2v) is 11.4. The molecule has 0 saturated heterocycles. The highest BCUT2D eigenvalue weighted by atomic mass is 32.2. The number of nitrogens with one attached hydrogen (secondary N) is 1. The highest BCUT2D eigenvalue weighted by Crippen LogP contribution is 2.33. The molecule has 2 N–H and O–H groups in total. The van der Waals surface area contributed by atoms with Crippen molar-refractivity contribution in [3.8, 4) is 5.75 Å². The molecule has 10 nitrogen and oxygen atoms in total. The van der Waals surface area contributed by atoms with Gasteiger partial charge in [-0.05, 0) is 42.3 Å². The second kappa shape index (κ2) is 9.37. The third-order valence-electron chi connectivity index (χ3n) is 5.81. The predicted molar refractivity (Wildman–Crippen MR) is 126 cm³/mol. The largest absolute Gasteiger partial charge is 0.497 e. The summed E-state index contributed by atoms with van der Waals surface area (Å²) in [5.74, 6) is -0.473. The molecule has 1 aliphatic heterocycles. The topological polar surface area (TPSA) is 135 Å². The molecular formula is C22H25N3O7S2. The van der Waals surface area contributed by atoms with E-state index in [0.717, 1.165) is 22.2 Å². The van der Waals surface area contributed by atoms with Crippen LogP contribution in [-0.2, 0) is 44.4 Å². The average Bonchev–Trinajstić information content (AvgIpc) is 3.11. The van der Waals surface area contributed by atoms with E-state index in [2.05, 4.69) is 5.32 Å².